The van der Waals surface area contributed by atoms with Crippen molar-refractivity contribution in [2.24, 2.45) is 0 Å². The number of halogens is 1. The molecular weight excluding hydrogens is 296 g/mol. The van der Waals surface area contributed by atoms with Crippen LogP contribution in [0.4, 0.5) is 5.69 Å². The third kappa shape index (κ3) is 4.96. The van der Waals surface area contributed by atoms with Gasteiger partial charge in [0, 0.05) is 11.7 Å². The Labute approximate surface area is 126 Å². The van der Waals surface area contributed by atoms with Gasteiger partial charge in [0.1, 0.15) is 4.90 Å². The largest absolute Gasteiger partial charge is 0.399 e. The first-order chi connectivity index (χ1) is 9.40. The molecule has 1 unspecified atom stereocenters. The molecule has 0 aliphatic heterocycles. The third-order valence-corrected chi connectivity index (χ3v) is 5.11. The minimum atomic E-state index is -3.60. The molecule has 1 rings (SSSR count). The highest BCUT2D eigenvalue weighted by atomic mass is 35.5. The van der Waals surface area contributed by atoms with Gasteiger partial charge in [-0.3, -0.25) is 0 Å². The summed E-state index contributed by atoms with van der Waals surface area (Å²) in [7, 11) is -3.60. The zero-order chi connectivity index (χ0) is 15.2. The summed E-state index contributed by atoms with van der Waals surface area (Å²) in [5.41, 5.74) is 6.03. The van der Waals surface area contributed by atoms with Gasteiger partial charge in [-0.25, -0.2) is 13.1 Å². The molecule has 114 valence electrons. The first kappa shape index (κ1) is 17.3. The monoisotopic (exact) mass is 318 g/mol. The van der Waals surface area contributed by atoms with E-state index in [-0.39, 0.29) is 16.0 Å². The number of nitrogens with one attached hydrogen (secondary N) is 1. The second kappa shape index (κ2) is 7.86. The van der Waals surface area contributed by atoms with Gasteiger partial charge in [0.15, 0.2) is 0 Å². The van der Waals surface area contributed by atoms with Crippen molar-refractivity contribution < 1.29 is 8.42 Å². The summed E-state index contributed by atoms with van der Waals surface area (Å²) in [4.78, 5) is 0.0889. The normalized spacial score (nSPS) is 13.3. The summed E-state index contributed by atoms with van der Waals surface area (Å²) in [5, 5.41) is 0.156. The summed E-state index contributed by atoms with van der Waals surface area (Å²) in [6, 6.07) is 4.40. The van der Waals surface area contributed by atoms with Crippen molar-refractivity contribution in [2.45, 2.75) is 56.9 Å². The quantitative estimate of drug-likeness (QED) is 0.720. The predicted octanol–water partition coefficient (Wildman–Crippen LogP) is 3.56. The molecule has 3 N–H and O–H groups in total. The fourth-order valence-corrected chi connectivity index (χ4v) is 3.94. The van der Waals surface area contributed by atoms with Gasteiger partial charge in [0.25, 0.3) is 0 Å². The van der Waals surface area contributed by atoms with Crippen molar-refractivity contribution in [1.82, 2.24) is 4.72 Å². The van der Waals surface area contributed by atoms with Gasteiger partial charge in [-0.05, 0) is 31.0 Å². The molecule has 0 aliphatic carbocycles. The smallest absolute Gasteiger partial charge is 0.242 e. The van der Waals surface area contributed by atoms with Crippen molar-refractivity contribution in [2.75, 3.05) is 5.73 Å². The van der Waals surface area contributed by atoms with Crippen molar-refractivity contribution in [1.29, 1.82) is 0 Å². The van der Waals surface area contributed by atoms with E-state index in [0.29, 0.717) is 5.69 Å². The summed E-state index contributed by atoms with van der Waals surface area (Å²) >= 11 is 5.98. The third-order valence-electron chi connectivity index (χ3n) is 3.11. The highest BCUT2D eigenvalue weighted by molar-refractivity contribution is 7.89. The molecule has 0 amide bonds. The van der Waals surface area contributed by atoms with E-state index in [1.54, 1.807) is 6.07 Å². The molecule has 0 heterocycles. The lowest BCUT2D eigenvalue weighted by atomic mass is 10.1. The van der Waals surface area contributed by atoms with Crippen LogP contribution in [0.25, 0.3) is 0 Å². The molecule has 0 aromatic heterocycles. The van der Waals surface area contributed by atoms with Crippen LogP contribution < -0.4 is 10.5 Å². The maximum absolute atomic E-state index is 12.4. The standard InChI is InChI=1S/C14H23ClN2O2S/c1-3-5-7-12(6-4-2)17-20(18,19)14-9-8-11(16)10-13(14)15/h8-10,12,17H,3-7,16H2,1-2H3. The van der Waals surface area contributed by atoms with Gasteiger partial charge in [0.2, 0.25) is 10.0 Å². The molecule has 0 saturated heterocycles. The Kier molecular flexibility index (Phi) is 6.79. The van der Waals surface area contributed by atoms with Crippen molar-refractivity contribution in [3.8, 4) is 0 Å². The van der Waals surface area contributed by atoms with Crippen molar-refractivity contribution in [3.05, 3.63) is 23.2 Å². The molecule has 0 spiro atoms. The van der Waals surface area contributed by atoms with Gasteiger partial charge >= 0.3 is 0 Å². The van der Waals surface area contributed by atoms with E-state index in [1.165, 1.54) is 12.1 Å². The van der Waals surface area contributed by atoms with Gasteiger partial charge in [-0.1, -0.05) is 44.7 Å². The molecule has 0 bridgehead atoms. The molecule has 1 aromatic rings. The lowest BCUT2D eigenvalue weighted by Gasteiger charge is -2.18. The molecule has 20 heavy (non-hydrogen) atoms. The van der Waals surface area contributed by atoms with E-state index < -0.39 is 10.0 Å². The second-order valence-electron chi connectivity index (χ2n) is 4.94. The van der Waals surface area contributed by atoms with Crippen LogP contribution in [0.5, 0.6) is 0 Å². The van der Waals surface area contributed by atoms with Gasteiger partial charge < -0.3 is 5.73 Å². The highest BCUT2D eigenvalue weighted by Crippen LogP contribution is 2.24. The van der Waals surface area contributed by atoms with Gasteiger partial charge in [-0.2, -0.15) is 0 Å². The molecule has 1 atom stereocenters. The topological polar surface area (TPSA) is 72.2 Å². The Balaban J connectivity index is 2.91. The second-order valence-corrected chi connectivity index (χ2v) is 7.03. The Morgan fingerprint density at radius 1 is 1.25 bits per heavy atom. The number of nitrogens with two attached hydrogens (primary N) is 1. The molecular formula is C14H23ClN2O2S. The number of sulfonamides is 1. The van der Waals surface area contributed by atoms with E-state index in [4.69, 9.17) is 17.3 Å². The average molecular weight is 319 g/mol. The molecule has 0 saturated carbocycles. The van der Waals surface area contributed by atoms with E-state index in [0.717, 1.165) is 32.1 Å². The van der Waals surface area contributed by atoms with Crippen LogP contribution in [0.15, 0.2) is 23.1 Å². The Morgan fingerprint density at radius 2 is 1.95 bits per heavy atom. The number of anilines is 1. The number of hydrogen-bond acceptors (Lipinski definition) is 3. The van der Waals surface area contributed by atoms with Crippen LogP contribution >= 0.6 is 11.6 Å². The lowest BCUT2D eigenvalue weighted by molar-refractivity contribution is 0.483. The number of benzene rings is 1. The minimum Gasteiger partial charge on any atom is -0.399 e. The molecule has 0 radical (unpaired) electrons. The Morgan fingerprint density at radius 3 is 2.50 bits per heavy atom. The summed E-state index contributed by atoms with van der Waals surface area (Å²) in [6.45, 7) is 4.14. The highest BCUT2D eigenvalue weighted by Gasteiger charge is 2.21. The Bertz CT molecular complexity index is 532. The fraction of sp³-hybridized carbons (Fsp3) is 0.571. The molecule has 0 aliphatic rings. The van der Waals surface area contributed by atoms with E-state index in [2.05, 4.69) is 11.6 Å². The maximum atomic E-state index is 12.4. The van der Waals surface area contributed by atoms with E-state index >= 15 is 0 Å². The van der Waals surface area contributed by atoms with Crippen LogP contribution in [0.2, 0.25) is 5.02 Å². The molecule has 4 nitrogen and oxygen atoms in total. The van der Waals surface area contributed by atoms with Crippen LogP contribution in [0.1, 0.15) is 46.0 Å². The summed E-state index contributed by atoms with van der Waals surface area (Å²) in [6.07, 6.45) is 4.65. The number of unbranched alkanes of at least 4 members (excludes halogenated alkanes) is 1. The van der Waals surface area contributed by atoms with Crippen LogP contribution in [0.3, 0.4) is 0 Å². The average Bonchev–Trinajstić information content (AvgIpc) is 2.35. The van der Waals surface area contributed by atoms with Crippen molar-refractivity contribution in [3.63, 3.8) is 0 Å². The zero-order valence-electron chi connectivity index (χ0n) is 12.0. The Hall–Kier alpha value is -0.780. The van der Waals surface area contributed by atoms with Crippen LogP contribution in [0, 0.1) is 0 Å². The van der Waals surface area contributed by atoms with Gasteiger partial charge in [-0.15, -0.1) is 0 Å². The SMILES string of the molecule is CCCCC(CCC)NS(=O)(=O)c1ccc(N)cc1Cl. The molecule has 1 aromatic carbocycles. The summed E-state index contributed by atoms with van der Waals surface area (Å²) < 4.78 is 27.5. The number of rotatable bonds is 8. The van der Waals surface area contributed by atoms with E-state index in [9.17, 15) is 8.42 Å². The fourth-order valence-electron chi connectivity index (χ4n) is 2.08. The van der Waals surface area contributed by atoms with Crippen LogP contribution in [-0.4, -0.2) is 14.5 Å². The molecule has 0 fully saturated rings. The molecule has 6 heteroatoms. The van der Waals surface area contributed by atoms with Crippen LogP contribution in [-0.2, 0) is 10.0 Å². The number of nitrogen functional groups attached to an aromatic ring is 1. The predicted molar refractivity (Wildman–Crippen MR) is 84.4 cm³/mol. The van der Waals surface area contributed by atoms with E-state index in [1.807, 2.05) is 6.92 Å². The summed E-state index contributed by atoms with van der Waals surface area (Å²) in [5.74, 6) is 0. The lowest BCUT2D eigenvalue weighted by Crippen LogP contribution is -2.34. The first-order valence-electron chi connectivity index (χ1n) is 6.98. The van der Waals surface area contributed by atoms with Gasteiger partial charge in [0.05, 0.1) is 5.02 Å². The zero-order valence-corrected chi connectivity index (χ0v) is 13.6. The first-order valence-corrected chi connectivity index (χ1v) is 8.84. The van der Waals surface area contributed by atoms with Crippen molar-refractivity contribution >= 4 is 27.3 Å². The minimum absolute atomic E-state index is 0.0430. The maximum Gasteiger partial charge on any atom is 0.242 e. The number of hydrogen-bond donors (Lipinski definition) is 2.